The Balaban J connectivity index is 1.61. The van der Waals surface area contributed by atoms with Crippen molar-refractivity contribution in [2.75, 3.05) is 24.3 Å². The lowest BCUT2D eigenvalue weighted by atomic mass is 10.1. The Labute approximate surface area is 141 Å². The zero-order valence-corrected chi connectivity index (χ0v) is 13.8. The average Bonchev–Trinajstić information content (AvgIpc) is 2.60. The SMILES string of the molecule is CN(C)c1cc(CNC(=O)Nc2ccc3ccccc3c2)ccn1. The Morgan fingerprint density at radius 3 is 2.62 bits per heavy atom. The standard InChI is InChI=1S/C19H20N4O/c1-23(2)18-11-14(9-10-20-18)13-21-19(24)22-17-8-7-15-5-3-4-6-16(15)12-17/h3-12H,13H2,1-2H3,(H2,21,22,24). The minimum absolute atomic E-state index is 0.228. The maximum atomic E-state index is 12.1. The van der Waals surface area contributed by atoms with Crippen molar-refractivity contribution >= 4 is 28.3 Å². The molecule has 2 aromatic carbocycles. The third kappa shape index (κ3) is 3.81. The number of hydrogen-bond acceptors (Lipinski definition) is 3. The van der Waals surface area contributed by atoms with E-state index in [-0.39, 0.29) is 6.03 Å². The molecular formula is C19H20N4O. The summed E-state index contributed by atoms with van der Waals surface area (Å²) in [4.78, 5) is 18.3. The van der Waals surface area contributed by atoms with E-state index in [1.165, 1.54) is 0 Å². The molecule has 2 N–H and O–H groups in total. The van der Waals surface area contributed by atoms with E-state index >= 15 is 0 Å². The van der Waals surface area contributed by atoms with Crippen LogP contribution in [-0.4, -0.2) is 25.1 Å². The van der Waals surface area contributed by atoms with Crippen molar-refractivity contribution in [1.82, 2.24) is 10.3 Å². The van der Waals surface area contributed by atoms with Crippen LogP contribution in [0.3, 0.4) is 0 Å². The van der Waals surface area contributed by atoms with Gasteiger partial charge in [0, 0.05) is 32.5 Å². The van der Waals surface area contributed by atoms with Crippen molar-refractivity contribution in [3.63, 3.8) is 0 Å². The summed E-state index contributed by atoms with van der Waals surface area (Å²) in [5, 5.41) is 7.98. The predicted molar refractivity (Wildman–Crippen MR) is 98.4 cm³/mol. The number of fused-ring (bicyclic) bond motifs is 1. The minimum Gasteiger partial charge on any atom is -0.363 e. The molecular weight excluding hydrogens is 300 g/mol. The molecule has 5 nitrogen and oxygen atoms in total. The number of aromatic nitrogens is 1. The molecule has 0 fully saturated rings. The predicted octanol–water partition coefficient (Wildman–Crippen LogP) is 3.62. The molecule has 1 heterocycles. The fraction of sp³-hybridized carbons (Fsp3) is 0.158. The van der Waals surface area contributed by atoms with Gasteiger partial charge in [-0.2, -0.15) is 0 Å². The van der Waals surface area contributed by atoms with Crippen LogP contribution in [0.2, 0.25) is 0 Å². The number of carbonyl (C=O) groups is 1. The van der Waals surface area contributed by atoms with Crippen LogP contribution in [-0.2, 0) is 6.54 Å². The molecule has 0 saturated heterocycles. The van der Waals surface area contributed by atoms with E-state index in [1.807, 2.05) is 73.6 Å². The van der Waals surface area contributed by atoms with Crippen LogP contribution in [0.1, 0.15) is 5.56 Å². The van der Waals surface area contributed by atoms with E-state index in [0.29, 0.717) is 6.54 Å². The van der Waals surface area contributed by atoms with Crippen LogP contribution in [0, 0.1) is 0 Å². The zero-order chi connectivity index (χ0) is 16.9. The summed E-state index contributed by atoms with van der Waals surface area (Å²) < 4.78 is 0. The second-order valence-corrected chi connectivity index (χ2v) is 5.79. The van der Waals surface area contributed by atoms with Gasteiger partial charge >= 0.3 is 6.03 Å². The monoisotopic (exact) mass is 320 g/mol. The summed E-state index contributed by atoms with van der Waals surface area (Å²) in [5.74, 6) is 0.865. The Bertz CT molecular complexity index is 861. The maximum absolute atomic E-state index is 12.1. The van der Waals surface area contributed by atoms with Crippen molar-refractivity contribution in [3.8, 4) is 0 Å². The van der Waals surface area contributed by atoms with Crippen molar-refractivity contribution in [1.29, 1.82) is 0 Å². The summed E-state index contributed by atoms with van der Waals surface area (Å²) in [6.45, 7) is 0.447. The number of rotatable bonds is 4. The molecule has 0 saturated carbocycles. The summed E-state index contributed by atoms with van der Waals surface area (Å²) in [5.41, 5.74) is 1.78. The zero-order valence-electron chi connectivity index (χ0n) is 13.8. The van der Waals surface area contributed by atoms with E-state index in [4.69, 9.17) is 0 Å². The van der Waals surface area contributed by atoms with Gasteiger partial charge in [-0.1, -0.05) is 30.3 Å². The third-order valence-electron chi connectivity index (χ3n) is 3.73. The number of amides is 2. The van der Waals surface area contributed by atoms with Gasteiger partial charge in [0.25, 0.3) is 0 Å². The molecule has 0 radical (unpaired) electrons. The first kappa shape index (κ1) is 15.8. The molecule has 3 aromatic rings. The van der Waals surface area contributed by atoms with Gasteiger partial charge in [-0.3, -0.25) is 0 Å². The van der Waals surface area contributed by atoms with Crippen LogP contribution in [0.5, 0.6) is 0 Å². The summed E-state index contributed by atoms with van der Waals surface area (Å²) in [6.07, 6.45) is 1.74. The van der Waals surface area contributed by atoms with Gasteiger partial charge < -0.3 is 15.5 Å². The molecule has 0 unspecified atom stereocenters. The number of benzene rings is 2. The highest BCUT2D eigenvalue weighted by Gasteiger charge is 2.04. The van der Waals surface area contributed by atoms with Crippen molar-refractivity contribution in [2.45, 2.75) is 6.54 Å². The Morgan fingerprint density at radius 1 is 1.04 bits per heavy atom. The van der Waals surface area contributed by atoms with Crippen LogP contribution in [0.15, 0.2) is 60.8 Å². The van der Waals surface area contributed by atoms with Crippen molar-refractivity contribution in [2.24, 2.45) is 0 Å². The van der Waals surface area contributed by atoms with E-state index in [9.17, 15) is 4.79 Å². The van der Waals surface area contributed by atoms with Gasteiger partial charge in [0.2, 0.25) is 0 Å². The molecule has 0 aliphatic rings. The van der Waals surface area contributed by atoms with E-state index < -0.39 is 0 Å². The van der Waals surface area contributed by atoms with Gasteiger partial charge in [0.1, 0.15) is 5.82 Å². The summed E-state index contributed by atoms with van der Waals surface area (Å²) >= 11 is 0. The van der Waals surface area contributed by atoms with Crippen molar-refractivity contribution in [3.05, 3.63) is 66.4 Å². The fourth-order valence-electron chi connectivity index (χ4n) is 2.44. The second kappa shape index (κ2) is 7.00. The molecule has 0 atom stereocenters. The Hall–Kier alpha value is -3.08. The first-order chi connectivity index (χ1) is 11.6. The second-order valence-electron chi connectivity index (χ2n) is 5.79. The smallest absolute Gasteiger partial charge is 0.319 e. The summed E-state index contributed by atoms with van der Waals surface area (Å²) in [7, 11) is 3.87. The summed E-state index contributed by atoms with van der Waals surface area (Å²) in [6, 6.07) is 17.5. The highest BCUT2D eigenvalue weighted by molar-refractivity contribution is 5.93. The third-order valence-corrected chi connectivity index (χ3v) is 3.73. The minimum atomic E-state index is -0.228. The quantitative estimate of drug-likeness (QED) is 0.772. The molecule has 0 aliphatic heterocycles. The molecule has 0 aliphatic carbocycles. The van der Waals surface area contributed by atoms with E-state index in [2.05, 4.69) is 15.6 Å². The molecule has 5 heteroatoms. The van der Waals surface area contributed by atoms with Crippen LogP contribution in [0.4, 0.5) is 16.3 Å². The number of anilines is 2. The Morgan fingerprint density at radius 2 is 1.83 bits per heavy atom. The topological polar surface area (TPSA) is 57.3 Å². The van der Waals surface area contributed by atoms with Gasteiger partial charge in [0.05, 0.1) is 0 Å². The van der Waals surface area contributed by atoms with Crippen molar-refractivity contribution < 1.29 is 4.79 Å². The fourth-order valence-corrected chi connectivity index (χ4v) is 2.44. The lowest BCUT2D eigenvalue weighted by Crippen LogP contribution is -2.28. The van der Waals surface area contributed by atoms with Gasteiger partial charge in [0.15, 0.2) is 0 Å². The first-order valence-electron chi connectivity index (χ1n) is 7.78. The number of carbonyl (C=O) groups excluding carboxylic acids is 1. The lowest BCUT2D eigenvalue weighted by molar-refractivity contribution is 0.251. The molecule has 24 heavy (non-hydrogen) atoms. The number of nitrogens with one attached hydrogen (secondary N) is 2. The highest BCUT2D eigenvalue weighted by atomic mass is 16.2. The molecule has 0 bridgehead atoms. The van der Waals surface area contributed by atoms with Gasteiger partial charge in [-0.25, -0.2) is 9.78 Å². The maximum Gasteiger partial charge on any atom is 0.319 e. The average molecular weight is 320 g/mol. The van der Waals surface area contributed by atoms with Gasteiger partial charge in [-0.15, -0.1) is 0 Å². The highest BCUT2D eigenvalue weighted by Crippen LogP contribution is 2.18. The largest absolute Gasteiger partial charge is 0.363 e. The van der Waals surface area contributed by atoms with E-state index in [0.717, 1.165) is 27.8 Å². The van der Waals surface area contributed by atoms with Crippen LogP contribution >= 0.6 is 0 Å². The lowest BCUT2D eigenvalue weighted by Gasteiger charge is -2.13. The Kier molecular flexibility index (Phi) is 4.61. The molecule has 3 rings (SSSR count). The molecule has 1 aromatic heterocycles. The number of nitrogens with zero attached hydrogens (tertiary/aromatic N) is 2. The van der Waals surface area contributed by atoms with Crippen LogP contribution in [0.25, 0.3) is 10.8 Å². The number of urea groups is 1. The normalized spacial score (nSPS) is 10.4. The molecule has 2 amide bonds. The van der Waals surface area contributed by atoms with Gasteiger partial charge in [-0.05, 0) is 40.6 Å². The van der Waals surface area contributed by atoms with Crippen LogP contribution < -0.4 is 15.5 Å². The molecule has 122 valence electrons. The molecule has 0 spiro atoms. The number of hydrogen-bond donors (Lipinski definition) is 2. The van der Waals surface area contributed by atoms with E-state index in [1.54, 1.807) is 6.20 Å². The number of pyridine rings is 1. The first-order valence-corrected chi connectivity index (χ1v) is 7.78.